The molecule has 0 amide bonds. The number of halogens is 2. The van der Waals surface area contributed by atoms with Crippen molar-refractivity contribution in [3.63, 3.8) is 0 Å². The summed E-state index contributed by atoms with van der Waals surface area (Å²) in [6, 6.07) is 3.48. The molecule has 2 heterocycles. The number of imidazole rings is 1. The van der Waals surface area contributed by atoms with Crippen LogP contribution in [-0.4, -0.2) is 9.38 Å². The van der Waals surface area contributed by atoms with Crippen LogP contribution in [0.25, 0.3) is 5.65 Å². The van der Waals surface area contributed by atoms with E-state index in [1.807, 2.05) is 25.2 Å². The van der Waals surface area contributed by atoms with Crippen molar-refractivity contribution in [2.75, 3.05) is 0 Å². The molecule has 0 unspecified atom stereocenters. The van der Waals surface area contributed by atoms with Crippen LogP contribution in [0.5, 0.6) is 0 Å². The Morgan fingerprint density at radius 2 is 1.86 bits per heavy atom. The van der Waals surface area contributed by atoms with E-state index < -0.39 is 0 Å². The fourth-order valence-corrected chi connectivity index (χ4v) is 1.77. The smallest absolute Gasteiger partial charge is 0.139 e. The molecule has 76 valence electrons. The van der Waals surface area contributed by atoms with Crippen molar-refractivity contribution in [2.45, 2.75) is 20.8 Å². The molecule has 2 rings (SSSR count). The number of hydrogen-bond acceptors (Lipinski definition) is 1. The van der Waals surface area contributed by atoms with Crippen LogP contribution in [0.4, 0.5) is 0 Å². The summed E-state index contributed by atoms with van der Waals surface area (Å²) < 4.78 is 1.84. The summed E-state index contributed by atoms with van der Waals surface area (Å²) in [4.78, 5) is 4.13. The summed E-state index contributed by atoms with van der Waals surface area (Å²) in [6.07, 6.45) is 1.76. The first-order valence-corrected chi connectivity index (χ1v) is 5.23. The molecule has 0 atom stereocenters. The van der Waals surface area contributed by atoms with Gasteiger partial charge in [-0.15, -0.1) is 0 Å². The van der Waals surface area contributed by atoms with Crippen LogP contribution in [0.1, 0.15) is 19.5 Å². The number of pyridine rings is 1. The lowest BCUT2D eigenvalue weighted by molar-refractivity contribution is 1.11. The van der Waals surface area contributed by atoms with Gasteiger partial charge in [-0.25, -0.2) is 4.98 Å². The maximum Gasteiger partial charge on any atom is 0.139 e. The van der Waals surface area contributed by atoms with Gasteiger partial charge in [-0.05, 0) is 13.0 Å². The molecule has 0 saturated carbocycles. The molecule has 0 aliphatic heterocycles. The van der Waals surface area contributed by atoms with E-state index in [2.05, 4.69) is 4.98 Å². The average Bonchev–Trinajstić information content (AvgIpc) is 2.51. The number of aryl methyl sites for hydroxylation is 1. The SMILES string of the molecule is CC.Cc1cnc2cc(Cl)cc(Cl)n12. The zero-order chi connectivity index (χ0) is 10.7. The van der Waals surface area contributed by atoms with Crippen LogP contribution < -0.4 is 0 Å². The van der Waals surface area contributed by atoms with Crippen LogP contribution in [0.3, 0.4) is 0 Å². The summed E-state index contributed by atoms with van der Waals surface area (Å²) in [5.74, 6) is 0. The highest BCUT2D eigenvalue weighted by Crippen LogP contribution is 2.20. The molecule has 0 N–H and O–H groups in total. The second-order valence-electron chi connectivity index (χ2n) is 2.59. The Labute approximate surface area is 93.5 Å². The van der Waals surface area contributed by atoms with E-state index in [0.29, 0.717) is 10.2 Å². The van der Waals surface area contributed by atoms with Crippen molar-refractivity contribution in [1.29, 1.82) is 0 Å². The lowest BCUT2D eigenvalue weighted by Crippen LogP contribution is -1.88. The zero-order valence-corrected chi connectivity index (χ0v) is 9.89. The van der Waals surface area contributed by atoms with Gasteiger partial charge in [0.25, 0.3) is 0 Å². The van der Waals surface area contributed by atoms with Crippen molar-refractivity contribution in [3.05, 3.63) is 34.2 Å². The van der Waals surface area contributed by atoms with E-state index in [-0.39, 0.29) is 0 Å². The number of fused-ring (bicyclic) bond motifs is 1. The first-order valence-electron chi connectivity index (χ1n) is 4.47. The third-order valence-electron chi connectivity index (χ3n) is 1.70. The highest BCUT2D eigenvalue weighted by molar-refractivity contribution is 6.34. The average molecular weight is 231 g/mol. The number of aromatic nitrogens is 2. The first kappa shape index (κ1) is 11.3. The number of hydrogen-bond donors (Lipinski definition) is 0. The molecule has 0 aliphatic rings. The largest absolute Gasteiger partial charge is 0.287 e. The van der Waals surface area contributed by atoms with Crippen molar-refractivity contribution in [2.24, 2.45) is 0 Å². The van der Waals surface area contributed by atoms with E-state index in [9.17, 15) is 0 Å². The molecule has 0 bridgehead atoms. The fraction of sp³-hybridized carbons (Fsp3) is 0.300. The summed E-state index contributed by atoms with van der Waals surface area (Å²) in [5, 5.41) is 1.20. The van der Waals surface area contributed by atoms with Crippen LogP contribution in [0, 0.1) is 6.92 Å². The van der Waals surface area contributed by atoms with Crippen LogP contribution in [0.2, 0.25) is 10.2 Å². The van der Waals surface area contributed by atoms with Crippen molar-refractivity contribution in [1.82, 2.24) is 9.38 Å². The lowest BCUT2D eigenvalue weighted by Gasteiger charge is -1.99. The minimum atomic E-state index is 0.590. The second kappa shape index (κ2) is 4.67. The highest BCUT2D eigenvalue weighted by Gasteiger charge is 2.03. The van der Waals surface area contributed by atoms with Gasteiger partial charge in [0.2, 0.25) is 0 Å². The molecule has 0 aliphatic carbocycles. The second-order valence-corrected chi connectivity index (χ2v) is 3.41. The monoisotopic (exact) mass is 230 g/mol. The summed E-state index contributed by atoms with van der Waals surface area (Å²) in [5.41, 5.74) is 1.79. The fourth-order valence-electron chi connectivity index (χ4n) is 1.18. The van der Waals surface area contributed by atoms with E-state index in [1.54, 1.807) is 18.3 Å². The van der Waals surface area contributed by atoms with Crippen LogP contribution in [0.15, 0.2) is 18.3 Å². The quantitative estimate of drug-likeness (QED) is 0.627. The Bertz CT molecular complexity index is 435. The molecule has 0 radical (unpaired) electrons. The molecule has 0 aromatic carbocycles. The Kier molecular flexibility index (Phi) is 3.78. The standard InChI is InChI=1S/C8H6Cl2N2.C2H6/c1-5-4-11-8-3-6(9)2-7(10)12(5)8;1-2/h2-4H,1H3;1-2H3. The van der Waals surface area contributed by atoms with Crippen molar-refractivity contribution in [3.8, 4) is 0 Å². The van der Waals surface area contributed by atoms with Crippen molar-refractivity contribution >= 4 is 28.8 Å². The Balaban J connectivity index is 0.000000461. The van der Waals surface area contributed by atoms with Crippen LogP contribution in [-0.2, 0) is 0 Å². The molecule has 4 heteroatoms. The van der Waals surface area contributed by atoms with E-state index >= 15 is 0 Å². The summed E-state index contributed by atoms with van der Waals surface area (Å²) in [6.45, 7) is 5.94. The minimum Gasteiger partial charge on any atom is -0.287 e. The minimum absolute atomic E-state index is 0.590. The third-order valence-corrected chi connectivity index (χ3v) is 2.20. The van der Waals surface area contributed by atoms with Gasteiger partial charge < -0.3 is 0 Å². The molecule has 2 aromatic rings. The molecule has 0 spiro atoms. The first-order chi connectivity index (χ1) is 6.68. The predicted molar refractivity (Wildman–Crippen MR) is 61.3 cm³/mol. The van der Waals surface area contributed by atoms with E-state index in [1.165, 1.54) is 0 Å². The maximum absolute atomic E-state index is 5.95. The molecule has 2 aromatic heterocycles. The lowest BCUT2D eigenvalue weighted by atomic mass is 10.4. The van der Waals surface area contributed by atoms with Gasteiger partial charge in [0.1, 0.15) is 10.8 Å². The summed E-state index contributed by atoms with van der Waals surface area (Å²) >= 11 is 11.7. The number of rotatable bonds is 0. The molecule has 2 nitrogen and oxygen atoms in total. The topological polar surface area (TPSA) is 17.3 Å². The van der Waals surface area contributed by atoms with Gasteiger partial charge in [0, 0.05) is 23.0 Å². The van der Waals surface area contributed by atoms with E-state index in [4.69, 9.17) is 23.2 Å². The van der Waals surface area contributed by atoms with Crippen LogP contribution >= 0.6 is 23.2 Å². The van der Waals surface area contributed by atoms with Crippen molar-refractivity contribution < 1.29 is 0 Å². The Morgan fingerprint density at radius 1 is 1.21 bits per heavy atom. The van der Waals surface area contributed by atoms with Gasteiger partial charge >= 0.3 is 0 Å². The molecule has 0 fully saturated rings. The van der Waals surface area contributed by atoms with E-state index in [0.717, 1.165) is 11.3 Å². The number of nitrogens with zero attached hydrogens (tertiary/aromatic N) is 2. The van der Waals surface area contributed by atoms with Gasteiger partial charge in [-0.1, -0.05) is 37.0 Å². The van der Waals surface area contributed by atoms with Gasteiger partial charge in [-0.2, -0.15) is 0 Å². The summed E-state index contributed by atoms with van der Waals surface area (Å²) in [7, 11) is 0. The highest BCUT2D eigenvalue weighted by atomic mass is 35.5. The normalized spacial score (nSPS) is 9.79. The van der Waals surface area contributed by atoms with Gasteiger partial charge in [-0.3, -0.25) is 4.40 Å². The molecular formula is C10H12Cl2N2. The third kappa shape index (κ3) is 2.02. The van der Waals surface area contributed by atoms with Gasteiger partial charge in [0.05, 0.1) is 0 Å². The Hall–Kier alpha value is -0.730. The zero-order valence-electron chi connectivity index (χ0n) is 8.38. The Morgan fingerprint density at radius 3 is 2.50 bits per heavy atom. The maximum atomic E-state index is 5.95. The molecule has 0 saturated heterocycles. The molecular weight excluding hydrogens is 219 g/mol. The predicted octanol–water partition coefficient (Wildman–Crippen LogP) is 3.98. The molecule has 14 heavy (non-hydrogen) atoms. The van der Waals surface area contributed by atoms with Gasteiger partial charge in [0.15, 0.2) is 0 Å².